The molecule has 1 fully saturated rings. The molecule has 2 heterocycles. The molecule has 112 valence electrons. The van der Waals surface area contributed by atoms with Crippen LogP contribution in [-0.4, -0.2) is 29.7 Å². The maximum atomic E-state index is 4.50. The highest BCUT2D eigenvalue weighted by Gasteiger charge is 2.34. The fourth-order valence-corrected chi connectivity index (χ4v) is 3.29. The molecule has 1 unspecified atom stereocenters. The Hall–Kier alpha value is -1.61. The SMILES string of the molecule is CC(C)C1CNC(C)(C)CN1c1cccc2ncccc12. The molecule has 1 aliphatic rings. The zero-order valence-corrected chi connectivity index (χ0v) is 13.4. The standard InChI is InChI=1S/C18H25N3/c1-13(2)17-11-20-18(3,4)12-21(17)16-9-5-8-15-14(16)7-6-10-19-15/h5-10,13,17,20H,11-12H2,1-4H3. The highest BCUT2D eigenvalue weighted by molar-refractivity contribution is 5.92. The molecule has 0 amide bonds. The van der Waals surface area contributed by atoms with Gasteiger partial charge in [-0.2, -0.15) is 0 Å². The number of pyridine rings is 1. The minimum atomic E-state index is 0.135. The molecule has 1 aromatic carbocycles. The number of aromatic nitrogens is 1. The van der Waals surface area contributed by atoms with Gasteiger partial charge in [-0.05, 0) is 44.0 Å². The minimum absolute atomic E-state index is 0.135. The van der Waals surface area contributed by atoms with Gasteiger partial charge in [0.2, 0.25) is 0 Å². The molecule has 1 aromatic heterocycles. The summed E-state index contributed by atoms with van der Waals surface area (Å²) in [5.74, 6) is 0.612. The largest absolute Gasteiger partial charge is 0.365 e. The normalized spacial score (nSPS) is 22.0. The van der Waals surface area contributed by atoms with Crippen LogP contribution < -0.4 is 10.2 Å². The van der Waals surface area contributed by atoms with E-state index in [1.54, 1.807) is 0 Å². The van der Waals surface area contributed by atoms with Gasteiger partial charge in [0.1, 0.15) is 0 Å². The van der Waals surface area contributed by atoms with Gasteiger partial charge in [0.25, 0.3) is 0 Å². The Morgan fingerprint density at radius 2 is 2.05 bits per heavy atom. The Labute approximate surface area is 127 Å². The van der Waals surface area contributed by atoms with Crippen molar-refractivity contribution < 1.29 is 0 Å². The third kappa shape index (κ3) is 2.75. The molecule has 0 saturated carbocycles. The summed E-state index contributed by atoms with van der Waals surface area (Å²) < 4.78 is 0. The number of benzene rings is 1. The average Bonchev–Trinajstić information content (AvgIpc) is 2.45. The van der Waals surface area contributed by atoms with Crippen molar-refractivity contribution in [1.29, 1.82) is 0 Å². The third-order valence-electron chi connectivity index (χ3n) is 4.46. The van der Waals surface area contributed by atoms with Crippen molar-refractivity contribution in [3.05, 3.63) is 36.5 Å². The van der Waals surface area contributed by atoms with Crippen LogP contribution in [-0.2, 0) is 0 Å². The van der Waals surface area contributed by atoms with Crippen LogP contribution in [0.15, 0.2) is 36.5 Å². The van der Waals surface area contributed by atoms with Gasteiger partial charge < -0.3 is 10.2 Å². The summed E-state index contributed by atoms with van der Waals surface area (Å²) in [5, 5.41) is 4.93. The Balaban J connectivity index is 2.09. The van der Waals surface area contributed by atoms with E-state index in [4.69, 9.17) is 0 Å². The lowest BCUT2D eigenvalue weighted by Gasteiger charge is -2.47. The average molecular weight is 283 g/mol. The Morgan fingerprint density at radius 1 is 1.24 bits per heavy atom. The zero-order valence-electron chi connectivity index (χ0n) is 13.4. The summed E-state index contributed by atoms with van der Waals surface area (Å²) in [4.78, 5) is 7.08. The van der Waals surface area contributed by atoms with Gasteiger partial charge in [0.05, 0.1) is 5.52 Å². The van der Waals surface area contributed by atoms with Crippen molar-refractivity contribution in [2.45, 2.75) is 39.3 Å². The second-order valence-corrected chi connectivity index (χ2v) is 7.05. The van der Waals surface area contributed by atoms with Gasteiger partial charge in [0, 0.05) is 41.9 Å². The molecule has 1 aliphatic heterocycles. The number of anilines is 1. The molecule has 1 saturated heterocycles. The lowest BCUT2D eigenvalue weighted by atomic mass is 9.92. The molecule has 0 spiro atoms. The summed E-state index contributed by atoms with van der Waals surface area (Å²) in [6.07, 6.45) is 1.87. The van der Waals surface area contributed by atoms with E-state index in [9.17, 15) is 0 Å². The number of hydrogen-bond acceptors (Lipinski definition) is 3. The highest BCUT2D eigenvalue weighted by atomic mass is 15.3. The number of nitrogens with one attached hydrogen (secondary N) is 1. The molecular formula is C18H25N3. The molecule has 1 atom stereocenters. The topological polar surface area (TPSA) is 28.2 Å². The van der Waals surface area contributed by atoms with E-state index in [1.165, 1.54) is 11.1 Å². The monoisotopic (exact) mass is 283 g/mol. The van der Waals surface area contributed by atoms with Crippen LogP contribution in [0.1, 0.15) is 27.7 Å². The minimum Gasteiger partial charge on any atom is -0.365 e. The molecule has 1 N–H and O–H groups in total. The van der Waals surface area contributed by atoms with Crippen LogP contribution in [0.3, 0.4) is 0 Å². The first-order valence-corrected chi connectivity index (χ1v) is 7.83. The first-order chi connectivity index (χ1) is 9.98. The molecule has 2 aromatic rings. The van der Waals surface area contributed by atoms with Crippen molar-refractivity contribution in [3.8, 4) is 0 Å². The van der Waals surface area contributed by atoms with E-state index in [0.717, 1.165) is 18.6 Å². The number of rotatable bonds is 2. The van der Waals surface area contributed by atoms with Crippen molar-refractivity contribution in [2.24, 2.45) is 5.92 Å². The van der Waals surface area contributed by atoms with Crippen LogP contribution in [0.5, 0.6) is 0 Å². The molecule has 21 heavy (non-hydrogen) atoms. The molecular weight excluding hydrogens is 258 g/mol. The van der Waals surface area contributed by atoms with Crippen molar-refractivity contribution in [1.82, 2.24) is 10.3 Å². The van der Waals surface area contributed by atoms with Gasteiger partial charge >= 0.3 is 0 Å². The Morgan fingerprint density at radius 3 is 2.81 bits per heavy atom. The summed E-state index contributed by atoms with van der Waals surface area (Å²) in [7, 11) is 0. The van der Waals surface area contributed by atoms with Crippen LogP contribution >= 0.6 is 0 Å². The van der Waals surface area contributed by atoms with Crippen LogP contribution in [0, 0.1) is 5.92 Å². The molecule has 0 bridgehead atoms. The second-order valence-electron chi connectivity index (χ2n) is 7.05. The summed E-state index contributed by atoms with van der Waals surface area (Å²) in [6, 6.07) is 11.2. The molecule has 0 radical (unpaired) electrons. The van der Waals surface area contributed by atoms with Crippen LogP contribution in [0.25, 0.3) is 10.9 Å². The van der Waals surface area contributed by atoms with Crippen molar-refractivity contribution >= 4 is 16.6 Å². The van der Waals surface area contributed by atoms with E-state index < -0.39 is 0 Å². The fourth-order valence-electron chi connectivity index (χ4n) is 3.29. The van der Waals surface area contributed by atoms with Crippen molar-refractivity contribution in [2.75, 3.05) is 18.0 Å². The highest BCUT2D eigenvalue weighted by Crippen LogP contribution is 2.32. The smallest absolute Gasteiger partial charge is 0.0722 e. The summed E-state index contributed by atoms with van der Waals surface area (Å²) >= 11 is 0. The van der Waals surface area contributed by atoms with E-state index in [-0.39, 0.29) is 5.54 Å². The van der Waals surface area contributed by atoms with Gasteiger partial charge in [-0.15, -0.1) is 0 Å². The number of fused-ring (bicyclic) bond motifs is 1. The molecule has 3 heteroatoms. The molecule has 3 rings (SSSR count). The predicted molar refractivity (Wildman–Crippen MR) is 89.8 cm³/mol. The summed E-state index contributed by atoms with van der Waals surface area (Å²) in [5.41, 5.74) is 2.53. The first-order valence-electron chi connectivity index (χ1n) is 7.83. The van der Waals surface area contributed by atoms with Crippen molar-refractivity contribution in [3.63, 3.8) is 0 Å². The van der Waals surface area contributed by atoms with E-state index in [0.29, 0.717) is 12.0 Å². The van der Waals surface area contributed by atoms with Gasteiger partial charge in [-0.3, -0.25) is 4.98 Å². The number of hydrogen-bond donors (Lipinski definition) is 1. The quantitative estimate of drug-likeness (QED) is 0.915. The molecule has 3 nitrogen and oxygen atoms in total. The van der Waals surface area contributed by atoms with E-state index in [1.807, 2.05) is 12.3 Å². The fraction of sp³-hybridized carbons (Fsp3) is 0.500. The van der Waals surface area contributed by atoms with Gasteiger partial charge in [0.15, 0.2) is 0 Å². The maximum absolute atomic E-state index is 4.50. The van der Waals surface area contributed by atoms with Gasteiger partial charge in [-0.1, -0.05) is 19.9 Å². The lowest BCUT2D eigenvalue weighted by molar-refractivity contribution is 0.277. The number of nitrogens with zero attached hydrogens (tertiary/aromatic N) is 2. The van der Waals surface area contributed by atoms with Crippen LogP contribution in [0.2, 0.25) is 0 Å². The third-order valence-corrected chi connectivity index (χ3v) is 4.46. The first kappa shape index (κ1) is 14.3. The Kier molecular flexibility index (Phi) is 3.62. The number of piperazine rings is 1. The predicted octanol–water partition coefficient (Wildman–Crippen LogP) is 3.45. The van der Waals surface area contributed by atoms with E-state index >= 15 is 0 Å². The molecule has 0 aliphatic carbocycles. The lowest BCUT2D eigenvalue weighted by Crippen LogP contribution is -2.63. The van der Waals surface area contributed by atoms with Crippen LogP contribution in [0.4, 0.5) is 5.69 Å². The Bertz CT molecular complexity index is 628. The summed E-state index contributed by atoms with van der Waals surface area (Å²) in [6.45, 7) is 11.2. The zero-order chi connectivity index (χ0) is 15.0. The van der Waals surface area contributed by atoms with E-state index in [2.05, 4.69) is 67.2 Å². The maximum Gasteiger partial charge on any atom is 0.0722 e. The second kappa shape index (κ2) is 5.30. The van der Waals surface area contributed by atoms with Gasteiger partial charge in [-0.25, -0.2) is 0 Å².